The summed E-state index contributed by atoms with van der Waals surface area (Å²) in [7, 11) is 0. The van der Waals surface area contributed by atoms with Gasteiger partial charge in [0.15, 0.2) is 5.78 Å². The lowest BCUT2D eigenvalue weighted by Gasteiger charge is -2.29. The van der Waals surface area contributed by atoms with E-state index in [1.165, 1.54) is 4.90 Å². The third-order valence-electron chi connectivity index (χ3n) is 7.99. The fourth-order valence-corrected chi connectivity index (χ4v) is 4.86. The van der Waals surface area contributed by atoms with Crippen LogP contribution in [0.2, 0.25) is 0 Å². The van der Waals surface area contributed by atoms with Gasteiger partial charge >= 0.3 is 6.03 Å². The predicted octanol–water partition coefficient (Wildman–Crippen LogP) is 3.05. The summed E-state index contributed by atoms with van der Waals surface area (Å²) in [5.41, 5.74) is 4.18. The number of primary amides is 1. The van der Waals surface area contributed by atoms with Crippen LogP contribution in [0.25, 0.3) is 0 Å². The Morgan fingerprint density at radius 1 is 0.976 bits per heavy atom. The minimum absolute atomic E-state index is 0.0993. The van der Waals surface area contributed by atoms with Gasteiger partial charge in [-0.25, -0.2) is 4.79 Å². The topological polar surface area (TPSA) is 168 Å². The SMILES string of the molecule is CCC(C)(C)C1CC(=O)N(CCCCCC(=O)N[C@H](C(=O)N[C@@H](CCCNC(N)=O)C(=O)C(C)(C)C)C(C)C)C1=O. The maximum atomic E-state index is 13.2. The molecule has 0 aromatic carbocycles. The molecule has 0 spiro atoms. The van der Waals surface area contributed by atoms with E-state index < -0.39 is 29.4 Å². The van der Waals surface area contributed by atoms with Crippen molar-refractivity contribution in [3.05, 3.63) is 0 Å². The highest BCUT2D eigenvalue weighted by Crippen LogP contribution is 2.38. The van der Waals surface area contributed by atoms with E-state index in [0.29, 0.717) is 38.6 Å². The van der Waals surface area contributed by atoms with E-state index in [0.717, 1.165) is 6.42 Å². The number of imide groups is 1. The first-order valence-corrected chi connectivity index (χ1v) is 14.9. The minimum Gasteiger partial charge on any atom is -0.352 e. The van der Waals surface area contributed by atoms with Crippen LogP contribution in [-0.2, 0) is 24.0 Å². The van der Waals surface area contributed by atoms with Crippen LogP contribution in [0.1, 0.15) is 107 Å². The lowest BCUT2D eigenvalue weighted by Crippen LogP contribution is -2.55. The van der Waals surface area contributed by atoms with Crippen molar-refractivity contribution < 1.29 is 28.8 Å². The molecule has 1 rings (SSSR count). The number of hydrogen-bond acceptors (Lipinski definition) is 6. The number of nitrogens with two attached hydrogens (primary N) is 1. The van der Waals surface area contributed by atoms with Crippen molar-refractivity contribution >= 4 is 35.4 Å². The van der Waals surface area contributed by atoms with Gasteiger partial charge in [-0.05, 0) is 37.0 Å². The number of hydrogen-bond donors (Lipinski definition) is 4. The molecule has 1 aliphatic heterocycles. The van der Waals surface area contributed by atoms with Crippen LogP contribution >= 0.6 is 0 Å². The molecule has 11 heteroatoms. The largest absolute Gasteiger partial charge is 0.352 e. The fraction of sp³-hybridized carbons (Fsp3) is 0.800. The highest BCUT2D eigenvalue weighted by molar-refractivity contribution is 6.03. The van der Waals surface area contributed by atoms with Gasteiger partial charge in [-0.1, -0.05) is 68.2 Å². The van der Waals surface area contributed by atoms with Crippen LogP contribution in [0, 0.1) is 22.7 Å². The van der Waals surface area contributed by atoms with Crippen LogP contribution in [0.5, 0.6) is 0 Å². The van der Waals surface area contributed by atoms with Crippen LogP contribution in [0.4, 0.5) is 4.79 Å². The average Bonchev–Trinajstić information content (AvgIpc) is 3.16. The lowest BCUT2D eigenvalue weighted by molar-refractivity contribution is -0.140. The van der Waals surface area contributed by atoms with E-state index in [2.05, 4.69) is 16.0 Å². The number of carbonyl (C=O) groups excluding carboxylic acids is 6. The molecule has 234 valence electrons. The van der Waals surface area contributed by atoms with Crippen LogP contribution in [0.3, 0.4) is 0 Å². The molecule has 0 aliphatic carbocycles. The molecular weight excluding hydrogens is 526 g/mol. The Bertz CT molecular complexity index is 956. The third kappa shape index (κ3) is 11.4. The van der Waals surface area contributed by atoms with Crippen molar-refractivity contribution in [1.82, 2.24) is 20.9 Å². The smallest absolute Gasteiger partial charge is 0.312 e. The Labute approximate surface area is 245 Å². The average molecular weight is 580 g/mol. The zero-order valence-corrected chi connectivity index (χ0v) is 26.4. The number of likely N-dealkylation sites (tertiary alicyclic amines) is 1. The molecule has 0 aromatic heterocycles. The van der Waals surface area contributed by atoms with E-state index in [9.17, 15) is 28.8 Å². The molecule has 1 saturated heterocycles. The van der Waals surface area contributed by atoms with E-state index in [4.69, 9.17) is 5.73 Å². The summed E-state index contributed by atoms with van der Waals surface area (Å²) < 4.78 is 0. The number of unbranched alkanes of at least 4 members (excludes halogenated alkanes) is 2. The first-order chi connectivity index (χ1) is 18.9. The highest BCUT2D eigenvalue weighted by Gasteiger charge is 2.45. The van der Waals surface area contributed by atoms with Gasteiger partial charge in [-0.2, -0.15) is 0 Å². The van der Waals surface area contributed by atoms with Crippen molar-refractivity contribution in [2.75, 3.05) is 13.1 Å². The number of ketones is 1. The standard InChI is InChI=1S/C30H53N5O6/c1-9-30(7,8)20-18-23(37)35(27(20)40)17-12-10-11-15-22(36)34-24(19(2)3)26(39)33-21(25(38)29(4,5)6)14-13-16-32-28(31)41/h19-21,24H,9-18H2,1-8H3,(H,33,39)(H,34,36)(H3,31,32,41)/t20?,21-,24-/m0/s1. The van der Waals surface area contributed by atoms with Gasteiger partial charge in [0.1, 0.15) is 6.04 Å². The molecule has 0 bridgehead atoms. The van der Waals surface area contributed by atoms with Crippen molar-refractivity contribution in [1.29, 1.82) is 0 Å². The Balaban J connectivity index is 2.62. The highest BCUT2D eigenvalue weighted by atomic mass is 16.2. The van der Waals surface area contributed by atoms with Gasteiger partial charge in [0, 0.05) is 31.3 Å². The normalized spacial score (nSPS) is 17.4. The minimum atomic E-state index is -0.819. The first kappa shape index (κ1) is 36.0. The van der Waals surface area contributed by atoms with Crippen molar-refractivity contribution in [2.45, 2.75) is 119 Å². The monoisotopic (exact) mass is 579 g/mol. The zero-order valence-electron chi connectivity index (χ0n) is 26.4. The van der Waals surface area contributed by atoms with E-state index in [-0.39, 0.29) is 60.1 Å². The van der Waals surface area contributed by atoms with Gasteiger partial charge in [0.05, 0.1) is 12.0 Å². The number of urea groups is 1. The number of carbonyl (C=O) groups is 6. The van der Waals surface area contributed by atoms with E-state index in [1.54, 1.807) is 20.8 Å². The van der Waals surface area contributed by atoms with Gasteiger partial charge in [-0.3, -0.25) is 28.9 Å². The molecule has 0 radical (unpaired) electrons. The lowest BCUT2D eigenvalue weighted by atomic mass is 9.76. The van der Waals surface area contributed by atoms with Crippen LogP contribution < -0.4 is 21.7 Å². The number of Topliss-reactive ketones (excluding diaryl/α,β-unsaturated/α-hetero) is 1. The molecule has 1 fully saturated rings. The Hall–Kier alpha value is -2.98. The summed E-state index contributed by atoms with van der Waals surface area (Å²) in [6.07, 6.45) is 3.86. The van der Waals surface area contributed by atoms with Crippen LogP contribution in [0.15, 0.2) is 0 Å². The number of nitrogens with one attached hydrogen (secondary N) is 3. The molecule has 1 heterocycles. The van der Waals surface area contributed by atoms with E-state index in [1.807, 2.05) is 34.6 Å². The van der Waals surface area contributed by atoms with Gasteiger partial charge in [-0.15, -0.1) is 0 Å². The second kappa shape index (κ2) is 15.9. The fourth-order valence-electron chi connectivity index (χ4n) is 4.86. The van der Waals surface area contributed by atoms with Gasteiger partial charge < -0.3 is 21.7 Å². The zero-order chi connectivity index (χ0) is 31.5. The summed E-state index contributed by atoms with van der Waals surface area (Å²) in [5.74, 6) is -1.58. The molecule has 11 nitrogen and oxygen atoms in total. The molecule has 6 amide bonds. The Morgan fingerprint density at radius 3 is 2.15 bits per heavy atom. The molecule has 5 N–H and O–H groups in total. The van der Waals surface area contributed by atoms with Gasteiger partial charge in [0.25, 0.3) is 0 Å². The van der Waals surface area contributed by atoms with Gasteiger partial charge in [0.2, 0.25) is 23.6 Å². The molecule has 1 unspecified atom stereocenters. The second-order valence-electron chi connectivity index (χ2n) is 13.2. The molecule has 0 saturated carbocycles. The second-order valence-corrected chi connectivity index (χ2v) is 13.2. The third-order valence-corrected chi connectivity index (χ3v) is 7.99. The quantitative estimate of drug-likeness (QED) is 0.153. The van der Waals surface area contributed by atoms with Crippen molar-refractivity contribution in [2.24, 2.45) is 28.4 Å². The number of amides is 6. The van der Waals surface area contributed by atoms with E-state index >= 15 is 0 Å². The molecule has 41 heavy (non-hydrogen) atoms. The first-order valence-electron chi connectivity index (χ1n) is 14.9. The summed E-state index contributed by atoms with van der Waals surface area (Å²) >= 11 is 0. The van der Waals surface area contributed by atoms with Crippen LogP contribution in [-0.4, -0.2) is 65.5 Å². The summed E-state index contributed by atoms with van der Waals surface area (Å²) in [6, 6.07) is -2.24. The Morgan fingerprint density at radius 2 is 1.61 bits per heavy atom. The summed E-state index contributed by atoms with van der Waals surface area (Å²) in [4.78, 5) is 76.4. The predicted molar refractivity (Wildman–Crippen MR) is 157 cm³/mol. The molecular formula is C30H53N5O6. The van der Waals surface area contributed by atoms with Crippen molar-refractivity contribution in [3.63, 3.8) is 0 Å². The maximum Gasteiger partial charge on any atom is 0.312 e. The number of rotatable bonds is 17. The summed E-state index contributed by atoms with van der Waals surface area (Å²) in [5, 5.41) is 8.10. The molecule has 0 aromatic rings. The Kier molecular flexibility index (Phi) is 13.9. The molecule has 1 aliphatic rings. The number of nitrogens with zero attached hydrogens (tertiary/aromatic N) is 1. The maximum absolute atomic E-state index is 13.2. The molecule has 3 atom stereocenters. The summed E-state index contributed by atoms with van der Waals surface area (Å²) in [6.45, 7) is 15.6. The van der Waals surface area contributed by atoms with Crippen molar-refractivity contribution in [3.8, 4) is 0 Å².